The van der Waals surface area contributed by atoms with Gasteiger partial charge in [0, 0.05) is 5.69 Å². The van der Waals surface area contributed by atoms with E-state index in [2.05, 4.69) is 25.9 Å². The molecule has 0 fully saturated rings. The fourth-order valence-electron chi connectivity index (χ4n) is 4.17. The third kappa shape index (κ3) is 9.23. The Morgan fingerprint density at radius 2 is 1.26 bits per heavy atom. The summed E-state index contributed by atoms with van der Waals surface area (Å²) >= 11 is 0. The number of amides is 3. The largest absolute Gasteiger partial charge is 0.508 e. The van der Waals surface area contributed by atoms with Crippen molar-refractivity contribution < 1.29 is 14.7 Å². The molecule has 0 heterocycles. The number of anilines is 1. The molecule has 3 amide bonds. The minimum Gasteiger partial charge on any atom is -0.508 e. The SMILES string of the molecule is NC(=NCc1ccc(O)cc1)NC(=O)NC(N)=NCc1cccc(NC(=O)C(Cc2ccccc2)c2ccccc2)c1. The number of aliphatic imine (C=N–C) groups is 2. The van der Waals surface area contributed by atoms with E-state index in [4.69, 9.17) is 11.5 Å². The van der Waals surface area contributed by atoms with Gasteiger partial charge in [-0.15, -0.1) is 0 Å². The average Bonchev–Trinajstić information content (AvgIpc) is 2.99. The summed E-state index contributed by atoms with van der Waals surface area (Å²) in [5, 5.41) is 17.2. The predicted molar refractivity (Wildman–Crippen MR) is 165 cm³/mol. The number of urea groups is 1. The van der Waals surface area contributed by atoms with Gasteiger partial charge in [-0.05, 0) is 52.9 Å². The summed E-state index contributed by atoms with van der Waals surface area (Å²) in [4.78, 5) is 33.9. The van der Waals surface area contributed by atoms with Crippen LogP contribution in [0.15, 0.2) is 119 Å². The van der Waals surface area contributed by atoms with Crippen molar-refractivity contribution in [2.24, 2.45) is 21.5 Å². The molecule has 10 heteroatoms. The normalized spacial score (nSPS) is 12.3. The number of carbonyl (C=O) groups excluding carboxylic acids is 2. The van der Waals surface area contributed by atoms with Crippen molar-refractivity contribution >= 4 is 29.5 Å². The lowest BCUT2D eigenvalue weighted by molar-refractivity contribution is -0.117. The minimum atomic E-state index is -0.686. The maximum atomic E-state index is 13.4. The van der Waals surface area contributed by atoms with Crippen LogP contribution < -0.4 is 27.4 Å². The number of hydrogen-bond acceptors (Lipinski definition) is 5. The monoisotopic (exact) mass is 563 g/mol. The summed E-state index contributed by atoms with van der Waals surface area (Å²) in [6, 6.07) is 32.7. The molecule has 0 aliphatic heterocycles. The molecule has 0 saturated heterocycles. The number of carbonyl (C=O) groups is 2. The van der Waals surface area contributed by atoms with Crippen LogP contribution >= 0.6 is 0 Å². The number of aromatic hydroxyl groups is 1. The number of nitrogens with one attached hydrogen (secondary N) is 3. The molecule has 4 aromatic carbocycles. The molecule has 1 atom stereocenters. The molecule has 10 nitrogen and oxygen atoms in total. The first-order chi connectivity index (χ1) is 20.4. The van der Waals surface area contributed by atoms with Crippen LogP contribution in [0.4, 0.5) is 10.5 Å². The zero-order valence-electron chi connectivity index (χ0n) is 22.9. The third-order valence-corrected chi connectivity index (χ3v) is 6.28. The van der Waals surface area contributed by atoms with E-state index in [0.717, 1.165) is 22.3 Å². The molecule has 0 aliphatic rings. The van der Waals surface area contributed by atoms with Crippen molar-refractivity contribution in [2.75, 3.05) is 5.32 Å². The number of guanidine groups is 2. The molecule has 4 rings (SSSR count). The van der Waals surface area contributed by atoms with Gasteiger partial charge < -0.3 is 21.9 Å². The van der Waals surface area contributed by atoms with Gasteiger partial charge in [-0.2, -0.15) is 0 Å². The fourth-order valence-corrected chi connectivity index (χ4v) is 4.17. The lowest BCUT2D eigenvalue weighted by Crippen LogP contribution is -2.48. The van der Waals surface area contributed by atoms with Crippen LogP contribution in [0.2, 0.25) is 0 Å². The molecule has 0 spiro atoms. The van der Waals surface area contributed by atoms with E-state index < -0.39 is 6.03 Å². The first kappa shape index (κ1) is 29.3. The van der Waals surface area contributed by atoms with Gasteiger partial charge in [-0.25, -0.2) is 14.8 Å². The Bertz CT molecular complexity index is 1540. The van der Waals surface area contributed by atoms with Crippen molar-refractivity contribution in [2.45, 2.75) is 25.4 Å². The van der Waals surface area contributed by atoms with E-state index in [-0.39, 0.29) is 42.6 Å². The van der Waals surface area contributed by atoms with Gasteiger partial charge in [0.05, 0.1) is 19.0 Å². The smallest absolute Gasteiger partial charge is 0.328 e. The van der Waals surface area contributed by atoms with Crippen LogP contribution in [0.3, 0.4) is 0 Å². The first-order valence-electron chi connectivity index (χ1n) is 13.3. The van der Waals surface area contributed by atoms with Gasteiger partial charge in [-0.1, -0.05) is 84.9 Å². The topological polar surface area (TPSA) is 167 Å². The summed E-state index contributed by atoms with van der Waals surface area (Å²) in [5.74, 6) is -0.549. The van der Waals surface area contributed by atoms with Crippen molar-refractivity contribution in [3.8, 4) is 5.75 Å². The van der Waals surface area contributed by atoms with Crippen LogP contribution in [0.1, 0.15) is 28.2 Å². The van der Waals surface area contributed by atoms with E-state index in [1.165, 1.54) is 12.1 Å². The molecule has 42 heavy (non-hydrogen) atoms. The molecule has 4 aromatic rings. The van der Waals surface area contributed by atoms with Crippen molar-refractivity contribution in [1.29, 1.82) is 0 Å². The van der Waals surface area contributed by atoms with Crippen LogP contribution in [0.5, 0.6) is 5.75 Å². The predicted octanol–water partition coefficient (Wildman–Crippen LogP) is 3.99. The number of phenolic OH excluding ortho intramolecular Hbond substituents is 1. The van der Waals surface area contributed by atoms with E-state index in [1.54, 1.807) is 12.1 Å². The highest BCUT2D eigenvalue weighted by molar-refractivity contribution is 6.03. The summed E-state index contributed by atoms with van der Waals surface area (Å²) in [7, 11) is 0. The number of rotatable bonds is 9. The molecule has 0 aliphatic carbocycles. The summed E-state index contributed by atoms with van der Waals surface area (Å²) in [5.41, 5.74) is 15.9. The lowest BCUT2D eigenvalue weighted by atomic mass is 9.91. The van der Waals surface area contributed by atoms with Crippen molar-refractivity contribution in [3.05, 3.63) is 131 Å². The molecular formula is C32H33N7O3. The van der Waals surface area contributed by atoms with Gasteiger partial charge in [-0.3, -0.25) is 15.4 Å². The molecule has 8 N–H and O–H groups in total. The summed E-state index contributed by atoms with van der Waals surface area (Å²) in [6.07, 6.45) is 0.566. The number of benzene rings is 4. The molecule has 0 radical (unpaired) electrons. The average molecular weight is 564 g/mol. The quantitative estimate of drug-likeness (QED) is 0.134. The fraction of sp³-hybridized carbons (Fsp3) is 0.125. The van der Waals surface area contributed by atoms with Gasteiger partial charge in [0.25, 0.3) is 0 Å². The number of nitrogens with zero attached hydrogens (tertiary/aromatic N) is 2. The Morgan fingerprint density at radius 3 is 1.90 bits per heavy atom. The molecule has 0 bridgehead atoms. The van der Waals surface area contributed by atoms with E-state index in [9.17, 15) is 14.7 Å². The highest BCUT2D eigenvalue weighted by atomic mass is 16.3. The maximum absolute atomic E-state index is 13.4. The maximum Gasteiger partial charge on any atom is 0.328 e. The number of phenols is 1. The van der Waals surface area contributed by atoms with Crippen molar-refractivity contribution in [3.63, 3.8) is 0 Å². The van der Waals surface area contributed by atoms with Gasteiger partial charge >= 0.3 is 6.03 Å². The molecule has 0 aromatic heterocycles. The number of nitrogens with two attached hydrogens (primary N) is 2. The minimum absolute atomic E-state index is 0.0992. The second kappa shape index (κ2) is 14.7. The van der Waals surface area contributed by atoms with Gasteiger partial charge in [0.2, 0.25) is 5.91 Å². The molecule has 1 unspecified atom stereocenters. The second-order valence-corrected chi connectivity index (χ2v) is 9.49. The van der Waals surface area contributed by atoms with Crippen LogP contribution in [-0.2, 0) is 24.3 Å². The molecular weight excluding hydrogens is 530 g/mol. The third-order valence-electron chi connectivity index (χ3n) is 6.28. The van der Waals surface area contributed by atoms with Crippen LogP contribution in [-0.4, -0.2) is 29.0 Å². The lowest BCUT2D eigenvalue weighted by Gasteiger charge is -2.18. The molecule has 214 valence electrons. The Hall–Kier alpha value is -5.64. The van der Waals surface area contributed by atoms with Crippen LogP contribution in [0.25, 0.3) is 0 Å². The Morgan fingerprint density at radius 1 is 0.690 bits per heavy atom. The van der Waals surface area contributed by atoms with Crippen molar-refractivity contribution in [1.82, 2.24) is 10.6 Å². The van der Waals surface area contributed by atoms with Crippen LogP contribution in [0, 0.1) is 0 Å². The Balaban J connectivity index is 1.32. The highest BCUT2D eigenvalue weighted by Gasteiger charge is 2.21. The highest BCUT2D eigenvalue weighted by Crippen LogP contribution is 2.23. The number of hydrogen-bond donors (Lipinski definition) is 6. The van der Waals surface area contributed by atoms with E-state index in [1.807, 2.05) is 84.9 Å². The molecule has 0 saturated carbocycles. The van der Waals surface area contributed by atoms with Gasteiger partial charge in [0.15, 0.2) is 11.9 Å². The first-order valence-corrected chi connectivity index (χ1v) is 13.3. The second-order valence-electron chi connectivity index (χ2n) is 9.49. The Kier molecular flexibility index (Phi) is 10.2. The summed E-state index contributed by atoms with van der Waals surface area (Å²) in [6.45, 7) is 0.396. The Labute approximate surface area is 244 Å². The summed E-state index contributed by atoms with van der Waals surface area (Å²) < 4.78 is 0. The zero-order chi connectivity index (χ0) is 29.7. The van der Waals surface area contributed by atoms with E-state index >= 15 is 0 Å². The zero-order valence-corrected chi connectivity index (χ0v) is 22.9. The van der Waals surface area contributed by atoms with E-state index in [0.29, 0.717) is 12.1 Å². The van der Waals surface area contributed by atoms with Gasteiger partial charge in [0.1, 0.15) is 5.75 Å². The standard InChI is InChI=1S/C32H33N7O3/c33-30(35-20-23-14-16-27(40)17-15-23)38-32(42)39-31(34)36-21-24-10-7-13-26(18-24)37-29(41)28(25-11-5-2-6-12-25)19-22-8-3-1-4-9-22/h1-18,28,40H,19-21H2,(H,37,41)(H6,33,34,35,36,38,39,42).